The lowest BCUT2D eigenvalue weighted by Gasteiger charge is -2.12. The predicted molar refractivity (Wildman–Crippen MR) is 163 cm³/mol. The first-order valence-electron chi connectivity index (χ1n) is 13.6. The summed E-state index contributed by atoms with van der Waals surface area (Å²) in [6, 6.07) is 15.5. The number of nitrogens with one attached hydrogen (secondary N) is 3. The molecule has 0 radical (unpaired) electrons. The van der Waals surface area contributed by atoms with Crippen molar-refractivity contribution in [2.24, 2.45) is 0 Å². The predicted octanol–water partition coefficient (Wildman–Crippen LogP) is 6.74. The van der Waals surface area contributed by atoms with Gasteiger partial charge in [0.25, 0.3) is 0 Å². The van der Waals surface area contributed by atoms with Gasteiger partial charge in [-0.1, -0.05) is 6.07 Å². The Morgan fingerprint density at radius 2 is 1.73 bits per heavy atom. The van der Waals surface area contributed by atoms with Crippen LogP contribution in [0.25, 0.3) is 55.4 Å². The van der Waals surface area contributed by atoms with Gasteiger partial charge < -0.3 is 19.9 Å². The number of pyridine rings is 2. The van der Waals surface area contributed by atoms with E-state index < -0.39 is 0 Å². The summed E-state index contributed by atoms with van der Waals surface area (Å²) in [5.74, 6) is 0.130. The fourth-order valence-corrected chi connectivity index (χ4v) is 4.97. The van der Waals surface area contributed by atoms with E-state index in [4.69, 9.17) is 4.74 Å². The van der Waals surface area contributed by atoms with Crippen LogP contribution in [0.15, 0.2) is 73.3 Å². The molecule has 0 atom stereocenters. The highest BCUT2D eigenvalue weighted by atomic mass is 19.1. The molecule has 4 heterocycles. The van der Waals surface area contributed by atoms with Crippen LogP contribution < -0.4 is 10.1 Å². The summed E-state index contributed by atoms with van der Waals surface area (Å²) in [5, 5.41) is 13.1. The van der Waals surface area contributed by atoms with E-state index >= 15 is 0 Å². The van der Waals surface area contributed by atoms with Gasteiger partial charge in [-0.25, -0.2) is 4.39 Å². The number of nitrogens with zero attached hydrogens (tertiary/aromatic N) is 4. The Labute approximate surface area is 237 Å². The third-order valence-corrected chi connectivity index (χ3v) is 6.88. The Bertz CT molecular complexity index is 1840. The molecule has 9 heteroatoms. The summed E-state index contributed by atoms with van der Waals surface area (Å²) in [4.78, 5) is 14.3. The molecule has 2 aromatic carbocycles. The minimum absolute atomic E-state index is 0.311. The van der Waals surface area contributed by atoms with Crippen LogP contribution in [0.1, 0.15) is 13.8 Å². The van der Waals surface area contributed by atoms with Gasteiger partial charge in [0, 0.05) is 59.1 Å². The lowest BCUT2D eigenvalue weighted by molar-refractivity contribution is 0.260. The number of benzene rings is 2. The Kier molecular flexibility index (Phi) is 7.11. The van der Waals surface area contributed by atoms with Gasteiger partial charge in [-0.2, -0.15) is 5.10 Å². The number of fused-ring (bicyclic) bond motifs is 2. The number of anilines is 1. The van der Waals surface area contributed by atoms with E-state index in [0.717, 1.165) is 62.1 Å². The van der Waals surface area contributed by atoms with Crippen LogP contribution in [0.2, 0.25) is 0 Å². The third-order valence-electron chi connectivity index (χ3n) is 6.88. The zero-order chi connectivity index (χ0) is 28.5. The van der Waals surface area contributed by atoms with Crippen LogP contribution in [0.5, 0.6) is 5.75 Å². The molecule has 0 fully saturated rings. The van der Waals surface area contributed by atoms with Gasteiger partial charge in [0.1, 0.15) is 23.9 Å². The molecule has 0 spiro atoms. The van der Waals surface area contributed by atoms with Crippen molar-refractivity contribution in [1.29, 1.82) is 0 Å². The average molecular weight is 550 g/mol. The maximum Gasteiger partial charge on any atom is 0.127 e. The van der Waals surface area contributed by atoms with Crippen molar-refractivity contribution in [3.05, 3.63) is 79.1 Å². The largest absolute Gasteiger partial charge is 0.492 e. The average Bonchev–Trinajstić information content (AvgIpc) is 3.56. The second-order valence-electron chi connectivity index (χ2n) is 10.8. The molecule has 0 saturated carbocycles. The minimum Gasteiger partial charge on any atom is -0.492 e. The summed E-state index contributed by atoms with van der Waals surface area (Å²) < 4.78 is 20.5. The number of H-pyrrole nitrogens is 2. The van der Waals surface area contributed by atoms with Crippen LogP contribution in [-0.2, 0) is 0 Å². The normalized spacial score (nSPS) is 11.7. The number of rotatable bonds is 9. The van der Waals surface area contributed by atoms with Crippen molar-refractivity contribution < 1.29 is 9.13 Å². The van der Waals surface area contributed by atoms with Crippen LogP contribution in [0.4, 0.5) is 10.1 Å². The second kappa shape index (κ2) is 11.0. The molecule has 6 aromatic rings. The standard InChI is InChI=1S/C32H32FN7O/c1-19(2)36-24-10-22(15-34-16-24)20-5-6-29-27(12-20)32(39-38-29)30-14-26-28(17-35-18-31(26)37-30)21-9-23(33)13-25(11-21)41-8-7-40(3)4/h5-6,9-19,36-37H,7-8H2,1-4H3,(H,38,39). The topological polar surface area (TPSA) is 94.8 Å². The Morgan fingerprint density at radius 3 is 2.56 bits per heavy atom. The molecule has 0 aliphatic carbocycles. The van der Waals surface area contributed by atoms with E-state index in [1.807, 2.05) is 49.6 Å². The van der Waals surface area contributed by atoms with Crippen molar-refractivity contribution in [3.63, 3.8) is 0 Å². The number of hydrogen-bond donors (Lipinski definition) is 3. The molecule has 0 aliphatic rings. The van der Waals surface area contributed by atoms with E-state index in [9.17, 15) is 4.39 Å². The van der Waals surface area contributed by atoms with E-state index in [1.54, 1.807) is 12.4 Å². The Hall–Kier alpha value is -4.76. The van der Waals surface area contributed by atoms with Crippen LogP contribution in [0, 0.1) is 5.82 Å². The summed E-state index contributed by atoms with van der Waals surface area (Å²) in [6.07, 6.45) is 7.23. The molecular weight excluding hydrogens is 517 g/mol. The van der Waals surface area contributed by atoms with Crippen LogP contribution in [-0.4, -0.2) is 63.3 Å². The lowest BCUT2D eigenvalue weighted by Crippen LogP contribution is -2.19. The van der Waals surface area contributed by atoms with Crippen molar-refractivity contribution in [2.75, 3.05) is 32.6 Å². The molecule has 4 aromatic heterocycles. The quantitative estimate of drug-likeness (QED) is 0.185. The van der Waals surface area contributed by atoms with E-state index in [1.165, 1.54) is 12.1 Å². The molecule has 208 valence electrons. The van der Waals surface area contributed by atoms with Crippen molar-refractivity contribution >= 4 is 27.5 Å². The SMILES string of the molecule is CC(C)Nc1cncc(-c2ccc3[nH]nc(-c4cc5c(-c6cc(F)cc(OCCN(C)C)c6)cncc5[nH]4)c3c2)c1. The highest BCUT2D eigenvalue weighted by Crippen LogP contribution is 2.36. The lowest BCUT2D eigenvalue weighted by atomic mass is 10.0. The highest BCUT2D eigenvalue weighted by Gasteiger charge is 2.16. The molecule has 6 rings (SSSR count). The fraction of sp³-hybridized carbons (Fsp3) is 0.219. The van der Waals surface area contributed by atoms with Gasteiger partial charge in [0.05, 0.1) is 28.6 Å². The van der Waals surface area contributed by atoms with Gasteiger partial charge in [0.2, 0.25) is 0 Å². The minimum atomic E-state index is -0.358. The zero-order valence-corrected chi connectivity index (χ0v) is 23.5. The number of hydrogen-bond acceptors (Lipinski definition) is 6. The maximum atomic E-state index is 14.6. The molecule has 3 N–H and O–H groups in total. The molecule has 0 unspecified atom stereocenters. The number of halogens is 1. The fourth-order valence-electron chi connectivity index (χ4n) is 4.97. The van der Waals surface area contributed by atoms with Gasteiger partial charge in [-0.15, -0.1) is 0 Å². The first-order chi connectivity index (χ1) is 19.8. The summed E-state index contributed by atoms with van der Waals surface area (Å²) in [7, 11) is 3.94. The molecule has 41 heavy (non-hydrogen) atoms. The Balaban J connectivity index is 1.37. The molecule has 0 bridgehead atoms. The zero-order valence-electron chi connectivity index (χ0n) is 23.5. The van der Waals surface area contributed by atoms with Crippen molar-refractivity contribution in [3.8, 4) is 39.4 Å². The third kappa shape index (κ3) is 5.62. The number of aromatic amines is 2. The second-order valence-corrected chi connectivity index (χ2v) is 10.8. The van der Waals surface area contributed by atoms with Crippen LogP contribution in [0.3, 0.4) is 0 Å². The molecule has 0 amide bonds. The van der Waals surface area contributed by atoms with Crippen LogP contribution >= 0.6 is 0 Å². The smallest absolute Gasteiger partial charge is 0.127 e. The number of likely N-dealkylation sites (N-methyl/N-ethyl adjacent to an activating group) is 1. The van der Waals surface area contributed by atoms with Gasteiger partial charge in [-0.3, -0.25) is 15.1 Å². The highest BCUT2D eigenvalue weighted by molar-refractivity contribution is 6.01. The van der Waals surface area contributed by atoms with Gasteiger partial charge >= 0.3 is 0 Å². The molecule has 0 aliphatic heterocycles. The van der Waals surface area contributed by atoms with E-state index in [-0.39, 0.29) is 5.82 Å². The summed E-state index contributed by atoms with van der Waals surface area (Å²) in [6.45, 7) is 5.41. The van der Waals surface area contributed by atoms with Crippen molar-refractivity contribution in [2.45, 2.75) is 19.9 Å². The van der Waals surface area contributed by atoms with Crippen molar-refractivity contribution in [1.82, 2.24) is 30.0 Å². The molecular formula is C32H32FN7O. The number of ether oxygens (including phenoxy) is 1. The van der Waals surface area contributed by atoms with Gasteiger partial charge in [0.15, 0.2) is 0 Å². The first kappa shape index (κ1) is 26.5. The molecule has 8 nitrogen and oxygen atoms in total. The number of aromatic nitrogens is 5. The summed E-state index contributed by atoms with van der Waals surface area (Å²) in [5.41, 5.74) is 7.93. The van der Waals surface area contributed by atoms with Gasteiger partial charge in [-0.05, 0) is 75.5 Å². The maximum absolute atomic E-state index is 14.6. The first-order valence-corrected chi connectivity index (χ1v) is 13.6. The van der Waals surface area contributed by atoms with E-state index in [2.05, 4.69) is 62.5 Å². The Morgan fingerprint density at radius 1 is 0.878 bits per heavy atom. The molecule has 0 saturated heterocycles. The van der Waals surface area contributed by atoms with E-state index in [0.29, 0.717) is 24.0 Å². The summed E-state index contributed by atoms with van der Waals surface area (Å²) >= 11 is 0. The monoisotopic (exact) mass is 549 g/mol.